The lowest BCUT2D eigenvalue weighted by atomic mass is 10.3. The van der Waals surface area contributed by atoms with E-state index in [1.54, 1.807) is 6.20 Å². The number of aromatic amines is 1. The highest BCUT2D eigenvalue weighted by molar-refractivity contribution is 6.30. The predicted octanol–water partition coefficient (Wildman–Crippen LogP) is 2.68. The Morgan fingerprint density at radius 1 is 1.36 bits per heavy atom. The molecule has 0 bridgehead atoms. The Morgan fingerprint density at radius 3 is 3.00 bits per heavy atom. The third-order valence-electron chi connectivity index (χ3n) is 1.87. The van der Waals surface area contributed by atoms with Crippen LogP contribution in [0.1, 0.15) is 5.69 Å². The Labute approximate surface area is 87.1 Å². The highest BCUT2D eigenvalue weighted by Gasteiger charge is 1.95. The van der Waals surface area contributed by atoms with Crippen molar-refractivity contribution in [2.24, 2.45) is 0 Å². The zero-order chi connectivity index (χ0) is 9.80. The molecule has 0 aliphatic carbocycles. The molecule has 0 amide bonds. The molecule has 0 saturated carbocycles. The van der Waals surface area contributed by atoms with Crippen molar-refractivity contribution in [1.29, 1.82) is 0 Å². The molecular formula is C10H10ClN3. The van der Waals surface area contributed by atoms with Gasteiger partial charge in [-0.2, -0.15) is 5.10 Å². The Balaban J connectivity index is 1.98. The summed E-state index contributed by atoms with van der Waals surface area (Å²) in [7, 11) is 0. The van der Waals surface area contributed by atoms with E-state index >= 15 is 0 Å². The van der Waals surface area contributed by atoms with Crippen LogP contribution < -0.4 is 5.32 Å². The summed E-state index contributed by atoms with van der Waals surface area (Å²) in [6.45, 7) is 0.723. The van der Waals surface area contributed by atoms with Crippen LogP contribution in [0, 0.1) is 0 Å². The fourth-order valence-corrected chi connectivity index (χ4v) is 1.37. The number of rotatable bonds is 3. The normalized spacial score (nSPS) is 10.1. The highest BCUT2D eigenvalue weighted by atomic mass is 35.5. The molecule has 0 unspecified atom stereocenters. The molecule has 0 spiro atoms. The number of benzene rings is 1. The lowest BCUT2D eigenvalue weighted by molar-refractivity contribution is 0.981. The summed E-state index contributed by atoms with van der Waals surface area (Å²) < 4.78 is 0. The van der Waals surface area contributed by atoms with E-state index in [2.05, 4.69) is 15.5 Å². The molecule has 0 radical (unpaired) electrons. The van der Waals surface area contributed by atoms with E-state index in [4.69, 9.17) is 11.6 Å². The number of nitrogens with zero attached hydrogens (tertiary/aromatic N) is 1. The Hall–Kier alpha value is -1.48. The number of aromatic nitrogens is 2. The molecule has 4 heteroatoms. The Bertz CT molecular complexity index is 398. The standard InChI is InChI=1S/C10H10ClN3/c11-8-2-1-3-9(6-8)12-7-10-4-5-13-14-10/h1-6,12H,7H2,(H,13,14). The van der Waals surface area contributed by atoms with Gasteiger partial charge in [-0.05, 0) is 24.3 Å². The molecule has 14 heavy (non-hydrogen) atoms. The first-order valence-electron chi connectivity index (χ1n) is 4.32. The second-order valence-corrected chi connectivity index (χ2v) is 3.38. The van der Waals surface area contributed by atoms with Crippen LogP contribution in [0.4, 0.5) is 5.69 Å². The van der Waals surface area contributed by atoms with Crippen molar-refractivity contribution in [3.05, 3.63) is 47.2 Å². The van der Waals surface area contributed by atoms with Crippen LogP contribution in [-0.4, -0.2) is 10.2 Å². The van der Waals surface area contributed by atoms with E-state index in [1.807, 2.05) is 30.3 Å². The third kappa shape index (κ3) is 2.26. The maximum Gasteiger partial charge on any atom is 0.0567 e. The van der Waals surface area contributed by atoms with Gasteiger partial charge in [-0.1, -0.05) is 17.7 Å². The van der Waals surface area contributed by atoms with E-state index in [0.717, 1.165) is 22.9 Å². The van der Waals surface area contributed by atoms with Gasteiger partial charge in [0, 0.05) is 16.9 Å². The fourth-order valence-electron chi connectivity index (χ4n) is 1.18. The number of hydrogen-bond acceptors (Lipinski definition) is 2. The number of halogens is 1. The van der Waals surface area contributed by atoms with Gasteiger partial charge in [0.25, 0.3) is 0 Å². The monoisotopic (exact) mass is 207 g/mol. The molecule has 0 fully saturated rings. The first-order valence-corrected chi connectivity index (χ1v) is 4.70. The molecule has 0 aliphatic rings. The number of nitrogens with one attached hydrogen (secondary N) is 2. The minimum atomic E-state index is 0.723. The molecule has 2 aromatic rings. The molecule has 1 aromatic carbocycles. The smallest absolute Gasteiger partial charge is 0.0567 e. The van der Waals surface area contributed by atoms with Gasteiger partial charge in [0.05, 0.1) is 12.2 Å². The van der Waals surface area contributed by atoms with Crippen LogP contribution in [0.15, 0.2) is 36.5 Å². The van der Waals surface area contributed by atoms with Crippen LogP contribution in [0.5, 0.6) is 0 Å². The minimum Gasteiger partial charge on any atom is -0.379 e. The van der Waals surface area contributed by atoms with E-state index in [-0.39, 0.29) is 0 Å². The van der Waals surface area contributed by atoms with Crippen LogP contribution in [0.2, 0.25) is 5.02 Å². The number of anilines is 1. The van der Waals surface area contributed by atoms with Crippen LogP contribution in [-0.2, 0) is 6.54 Å². The van der Waals surface area contributed by atoms with Crippen LogP contribution >= 0.6 is 11.6 Å². The topological polar surface area (TPSA) is 40.7 Å². The lowest BCUT2D eigenvalue weighted by Crippen LogP contribution is -1.99. The van der Waals surface area contributed by atoms with Crippen molar-refractivity contribution >= 4 is 17.3 Å². The number of H-pyrrole nitrogens is 1. The number of hydrogen-bond donors (Lipinski definition) is 2. The molecule has 2 N–H and O–H groups in total. The molecule has 72 valence electrons. The quantitative estimate of drug-likeness (QED) is 0.813. The molecule has 0 atom stereocenters. The predicted molar refractivity (Wildman–Crippen MR) is 57.4 cm³/mol. The van der Waals surface area contributed by atoms with Crippen molar-refractivity contribution in [1.82, 2.24) is 10.2 Å². The summed E-state index contributed by atoms with van der Waals surface area (Å²) in [5.74, 6) is 0. The maximum atomic E-state index is 5.85. The van der Waals surface area contributed by atoms with Gasteiger partial charge in [0.2, 0.25) is 0 Å². The van der Waals surface area contributed by atoms with E-state index in [1.165, 1.54) is 0 Å². The summed E-state index contributed by atoms with van der Waals surface area (Å²) in [5.41, 5.74) is 2.05. The average molecular weight is 208 g/mol. The average Bonchev–Trinajstić information content (AvgIpc) is 2.67. The van der Waals surface area contributed by atoms with Gasteiger partial charge in [-0.15, -0.1) is 0 Å². The van der Waals surface area contributed by atoms with Crippen molar-refractivity contribution in [3.8, 4) is 0 Å². The van der Waals surface area contributed by atoms with Crippen LogP contribution in [0.25, 0.3) is 0 Å². The summed E-state index contributed by atoms with van der Waals surface area (Å²) in [6, 6.07) is 9.55. The van der Waals surface area contributed by atoms with Gasteiger partial charge >= 0.3 is 0 Å². The largest absolute Gasteiger partial charge is 0.379 e. The highest BCUT2D eigenvalue weighted by Crippen LogP contribution is 2.15. The first-order chi connectivity index (χ1) is 6.84. The SMILES string of the molecule is Clc1cccc(NCc2ccn[nH]2)c1. The second-order valence-electron chi connectivity index (χ2n) is 2.95. The first kappa shape index (κ1) is 9.09. The lowest BCUT2D eigenvalue weighted by Gasteiger charge is -2.04. The summed E-state index contributed by atoms with van der Waals surface area (Å²) in [6.07, 6.45) is 1.73. The Morgan fingerprint density at radius 2 is 2.29 bits per heavy atom. The summed E-state index contributed by atoms with van der Waals surface area (Å²) >= 11 is 5.85. The van der Waals surface area contributed by atoms with Gasteiger partial charge < -0.3 is 5.32 Å². The molecule has 0 aliphatic heterocycles. The van der Waals surface area contributed by atoms with E-state index < -0.39 is 0 Å². The van der Waals surface area contributed by atoms with Crippen molar-refractivity contribution in [2.75, 3.05) is 5.32 Å². The van der Waals surface area contributed by atoms with E-state index in [9.17, 15) is 0 Å². The molecule has 0 saturated heterocycles. The molecule has 3 nitrogen and oxygen atoms in total. The molecule has 1 heterocycles. The molecule has 2 rings (SSSR count). The zero-order valence-corrected chi connectivity index (χ0v) is 8.25. The summed E-state index contributed by atoms with van der Waals surface area (Å²) in [5, 5.41) is 10.7. The fraction of sp³-hybridized carbons (Fsp3) is 0.100. The van der Waals surface area contributed by atoms with Gasteiger partial charge in [0.1, 0.15) is 0 Å². The zero-order valence-electron chi connectivity index (χ0n) is 7.50. The second kappa shape index (κ2) is 4.15. The molecular weight excluding hydrogens is 198 g/mol. The minimum absolute atomic E-state index is 0.723. The Kier molecular flexibility index (Phi) is 2.70. The van der Waals surface area contributed by atoms with Crippen molar-refractivity contribution < 1.29 is 0 Å². The van der Waals surface area contributed by atoms with Crippen LogP contribution in [0.3, 0.4) is 0 Å². The van der Waals surface area contributed by atoms with Gasteiger partial charge in [-0.25, -0.2) is 0 Å². The van der Waals surface area contributed by atoms with Gasteiger partial charge in [0.15, 0.2) is 0 Å². The van der Waals surface area contributed by atoms with Crippen molar-refractivity contribution in [3.63, 3.8) is 0 Å². The third-order valence-corrected chi connectivity index (χ3v) is 2.10. The molecule has 1 aromatic heterocycles. The maximum absolute atomic E-state index is 5.85. The van der Waals surface area contributed by atoms with Crippen molar-refractivity contribution in [2.45, 2.75) is 6.54 Å². The van der Waals surface area contributed by atoms with E-state index in [0.29, 0.717) is 0 Å². The van der Waals surface area contributed by atoms with Gasteiger partial charge in [-0.3, -0.25) is 5.10 Å². The summed E-state index contributed by atoms with van der Waals surface area (Å²) in [4.78, 5) is 0.